The number of hydrogen-bond donors (Lipinski definition) is 0. The molecule has 0 atom stereocenters. The summed E-state index contributed by atoms with van der Waals surface area (Å²) in [5.41, 5.74) is 17.9. The molecule has 0 bridgehead atoms. The molecule has 0 amide bonds. The molecule has 0 fully saturated rings. The molecule has 0 unspecified atom stereocenters. The summed E-state index contributed by atoms with van der Waals surface area (Å²) in [6.07, 6.45) is 0. The van der Waals surface area contributed by atoms with Crippen molar-refractivity contribution in [1.82, 2.24) is 4.57 Å². The Morgan fingerprint density at radius 1 is 0.478 bits per heavy atom. The monoisotopic (exact) mass is 877 g/mol. The van der Waals surface area contributed by atoms with Crippen molar-refractivity contribution in [3.8, 4) is 49.5 Å². The summed E-state index contributed by atoms with van der Waals surface area (Å²) in [6.45, 7) is 12.6. The Labute approximate surface area is 397 Å². The number of hydrogen-bond acceptors (Lipinski definition) is 1. The van der Waals surface area contributed by atoms with Gasteiger partial charge < -0.3 is 4.57 Å². The van der Waals surface area contributed by atoms with Crippen LogP contribution in [-0.4, -0.2) is 4.57 Å². The normalized spacial score (nSPS) is 11.5. The van der Waals surface area contributed by atoms with E-state index in [-0.39, 0.29) is 0 Å². The SMILES string of the molecule is C=C(C)c1ccccc1C(C)C.Cc1cccc2ccccc12.c1ccc(-c2ccc(-n3c4ccccc4c4cc(-c5ccc6sc7c(c6c5)-c5cccc6cccc-7c56)ccc43)cc2)cc1. The van der Waals surface area contributed by atoms with E-state index in [0.29, 0.717) is 5.92 Å². The molecule has 0 aliphatic heterocycles. The fourth-order valence-corrected chi connectivity index (χ4v) is 11.3. The molecule has 2 heteroatoms. The van der Waals surface area contributed by atoms with Gasteiger partial charge in [-0.25, -0.2) is 0 Å². The van der Waals surface area contributed by atoms with Crippen LogP contribution >= 0.6 is 11.3 Å². The Morgan fingerprint density at radius 2 is 1.06 bits per heavy atom. The van der Waals surface area contributed by atoms with E-state index in [1.165, 1.54) is 120 Å². The molecule has 1 aliphatic carbocycles. The molecule has 0 N–H and O–H groups in total. The molecule has 13 rings (SSSR count). The highest BCUT2D eigenvalue weighted by Gasteiger charge is 2.26. The third kappa shape index (κ3) is 7.64. The van der Waals surface area contributed by atoms with Gasteiger partial charge in [-0.3, -0.25) is 0 Å². The molecular weight excluding hydrogens is 827 g/mol. The van der Waals surface area contributed by atoms with Crippen molar-refractivity contribution in [2.75, 3.05) is 0 Å². The third-order valence-electron chi connectivity index (χ3n) is 13.4. The summed E-state index contributed by atoms with van der Waals surface area (Å²) in [5.74, 6) is 0.581. The number of nitrogens with zero attached hydrogens (tertiary/aromatic N) is 1. The van der Waals surface area contributed by atoms with Crippen molar-refractivity contribution in [2.45, 2.75) is 33.6 Å². The number of para-hydroxylation sites is 1. The first kappa shape index (κ1) is 41.9. The van der Waals surface area contributed by atoms with Crippen LogP contribution in [0, 0.1) is 6.92 Å². The molecule has 1 nitrogen and oxygen atoms in total. The second kappa shape index (κ2) is 17.5. The number of aryl methyl sites for hydroxylation is 1. The van der Waals surface area contributed by atoms with Crippen molar-refractivity contribution >= 4 is 70.3 Å². The lowest BCUT2D eigenvalue weighted by Crippen LogP contribution is -1.93. The van der Waals surface area contributed by atoms with Crippen LogP contribution in [0.2, 0.25) is 0 Å². The number of benzene rings is 10. The predicted molar refractivity (Wildman–Crippen MR) is 293 cm³/mol. The average Bonchev–Trinajstić information content (AvgIpc) is 4.03. The van der Waals surface area contributed by atoms with Gasteiger partial charge in [0.25, 0.3) is 0 Å². The number of rotatable bonds is 5. The maximum Gasteiger partial charge on any atom is 0.0541 e. The van der Waals surface area contributed by atoms with Crippen LogP contribution in [0.1, 0.15) is 43.4 Å². The van der Waals surface area contributed by atoms with Gasteiger partial charge in [0, 0.05) is 42.6 Å². The zero-order valence-electron chi connectivity index (χ0n) is 38.4. The van der Waals surface area contributed by atoms with Gasteiger partial charge >= 0.3 is 0 Å². The van der Waals surface area contributed by atoms with Crippen LogP contribution in [0.15, 0.2) is 225 Å². The van der Waals surface area contributed by atoms with Gasteiger partial charge in [-0.05, 0) is 128 Å². The van der Waals surface area contributed by atoms with E-state index in [1.54, 1.807) is 0 Å². The third-order valence-corrected chi connectivity index (χ3v) is 14.6. The maximum absolute atomic E-state index is 3.97. The largest absolute Gasteiger partial charge is 0.309 e. The Morgan fingerprint density at radius 3 is 1.81 bits per heavy atom. The summed E-state index contributed by atoms with van der Waals surface area (Å²) in [7, 11) is 0. The number of thiophene rings is 1. The molecule has 12 aromatic rings. The molecule has 10 aromatic carbocycles. The minimum atomic E-state index is 0.581. The van der Waals surface area contributed by atoms with Gasteiger partial charge in [0.2, 0.25) is 0 Å². The highest BCUT2D eigenvalue weighted by Crippen LogP contribution is 2.54. The van der Waals surface area contributed by atoms with Crippen LogP contribution < -0.4 is 0 Å². The zero-order valence-corrected chi connectivity index (χ0v) is 39.2. The van der Waals surface area contributed by atoms with Crippen LogP contribution in [0.4, 0.5) is 0 Å². The summed E-state index contributed by atoms with van der Waals surface area (Å²) >= 11 is 1.92. The van der Waals surface area contributed by atoms with E-state index in [0.717, 1.165) is 5.57 Å². The van der Waals surface area contributed by atoms with Crippen LogP contribution in [-0.2, 0) is 0 Å². The lowest BCUT2D eigenvalue weighted by atomic mass is 9.94. The van der Waals surface area contributed by atoms with Gasteiger partial charge in [0.05, 0.1) is 11.0 Å². The van der Waals surface area contributed by atoms with Crippen molar-refractivity contribution < 1.29 is 0 Å². The quantitative estimate of drug-likeness (QED) is 0.162. The molecule has 322 valence electrons. The predicted octanol–water partition coefficient (Wildman–Crippen LogP) is 19.1. The van der Waals surface area contributed by atoms with E-state index in [2.05, 4.69) is 257 Å². The average molecular weight is 878 g/mol. The topological polar surface area (TPSA) is 4.93 Å². The lowest BCUT2D eigenvalue weighted by molar-refractivity contribution is 0.862. The minimum absolute atomic E-state index is 0.581. The second-order valence-corrected chi connectivity index (χ2v) is 19.1. The molecule has 0 spiro atoms. The smallest absolute Gasteiger partial charge is 0.0541 e. The fraction of sp³-hybridized carbons (Fsp3) is 0.0769. The van der Waals surface area contributed by atoms with Gasteiger partial charge in [-0.15, -0.1) is 11.3 Å². The fourth-order valence-electron chi connectivity index (χ4n) is 10.1. The van der Waals surface area contributed by atoms with E-state index in [1.807, 2.05) is 11.3 Å². The van der Waals surface area contributed by atoms with Crippen LogP contribution in [0.5, 0.6) is 0 Å². The maximum atomic E-state index is 3.97. The van der Waals surface area contributed by atoms with Gasteiger partial charge in [-0.1, -0.05) is 202 Å². The second-order valence-electron chi connectivity index (χ2n) is 18.0. The highest BCUT2D eigenvalue weighted by atomic mass is 32.1. The van der Waals surface area contributed by atoms with E-state index in [4.69, 9.17) is 0 Å². The molecular formula is C65H51NS. The summed E-state index contributed by atoms with van der Waals surface area (Å²) < 4.78 is 3.75. The Hall–Kier alpha value is -7.78. The first-order valence-corrected chi connectivity index (χ1v) is 24.1. The summed E-state index contributed by atoms with van der Waals surface area (Å²) in [4.78, 5) is 1.40. The van der Waals surface area contributed by atoms with Gasteiger partial charge in [0.15, 0.2) is 0 Å². The Balaban J connectivity index is 0.000000176. The molecule has 0 saturated carbocycles. The van der Waals surface area contributed by atoms with Crippen LogP contribution in [0.25, 0.3) is 109 Å². The number of fused-ring (bicyclic) bond motifs is 9. The molecule has 1 aliphatic rings. The van der Waals surface area contributed by atoms with Crippen molar-refractivity contribution in [3.05, 3.63) is 242 Å². The minimum Gasteiger partial charge on any atom is -0.309 e. The van der Waals surface area contributed by atoms with Crippen molar-refractivity contribution in [3.63, 3.8) is 0 Å². The van der Waals surface area contributed by atoms with E-state index in [9.17, 15) is 0 Å². The molecule has 0 saturated heterocycles. The Kier molecular flexibility index (Phi) is 11.0. The first-order chi connectivity index (χ1) is 32.8. The first-order valence-electron chi connectivity index (χ1n) is 23.3. The molecule has 2 aromatic heterocycles. The number of allylic oxidation sites excluding steroid dienone is 1. The zero-order chi connectivity index (χ0) is 45.6. The highest BCUT2D eigenvalue weighted by molar-refractivity contribution is 7.23. The summed E-state index contributed by atoms with van der Waals surface area (Å²) in [6, 6.07) is 79.0. The molecule has 67 heavy (non-hydrogen) atoms. The standard InChI is InChI=1S/C42H25NS.C12H16.C11H10/c1-2-8-26(9-3-1)27-16-20-31(21-17-27)43-37-15-5-4-12-32(37)35-24-29(18-22-38(35)43)30-19-23-39-36(25-30)41-33-13-6-10-28-11-7-14-34(40(28)33)42(41)44-39;1-9(2)11-7-5-6-8-12(11)10(3)4;1-9-5-4-7-10-6-2-3-8-11(9)10/h1-25H;5-8,10H,1H2,2-4H3;2-8H,1H3. The van der Waals surface area contributed by atoms with Crippen LogP contribution in [0.3, 0.4) is 0 Å². The summed E-state index contributed by atoms with van der Waals surface area (Å²) in [5, 5.41) is 9.31. The van der Waals surface area contributed by atoms with Crippen molar-refractivity contribution in [1.29, 1.82) is 0 Å². The van der Waals surface area contributed by atoms with E-state index >= 15 is 0 Å². The molecule has 2 heterocycles. The van der Waals surface area contributed by atoms with Gasteiger partial charge in [0.1, 0.15) is 0 Å². The Bertz CT molecular complexity index is 3800. The van der Waals surface area contributed by atoms with Gasteiger partial charge in [-0.2, -0.15) is 0 Å². The van der Waals surface area contributed by atoms with E-state index < -0.39 is 0 Å². The van der Waals surface area contributed by atoms with Crippen molar-refractivity contribution in [2.24, 2.45) is 0 Å². The molecule has 0 radical (unpaired) electrons. The lowest BCUT2D eigenvalue weighted by Gasteiger charge is -2.11. The number of aromatic nitrogens is 1.